The van der Waals surface area contributed by atoms with E-state index >= 15 is 0 Å². The Morgan fingerprint density at radius 3 is 2.62 bits per heavy atom. The van der Waals surface area contributed by atoms with Crippen LogP contribution in [0.25, 0.3) is 0 Å². The standard InChI is InChI=1S/C19H30N2O3/c1-13-7-14(2)9-17(8-13)10-15(3)20-19(23)21-5-6-24-12-18(21)11-16(4)22/h7-9,15-16,18,22H,5-6,10-12H2,1-4H3,(H,20,23)/t15-,16+,18-/m0/s1. The van der Waals surface area contributed by atoms with Crippen LogP contribution in [0.5, 0.6) is 0 Å². The van der Waals surface area contributed by atoms with Crippen LogP contribution in [-0.2, 0) is 11.2 Å². The lowest BCUT2D eigenvalue weighted by Gasteiger charge is -2.37. The molecule has 0 unspecified atom stereocenters. The van der Waals surface area contributed by atoms with Crippen molar-refractivity contribution in [2.75, 3.05) is 19.8 Å². The number of urea groups is 1. The van der Waals surface area contributed by atoms with Gasteiger partial charge in [-0.15, -0.1) is 0 Å². The fraction of sp³-hybridized carbons (Fsp3) is 0.632. The van der Waals surface area contributed by atoms with Gasteiger partial charge in [0.2, 0.25) is 0 Å². The number of aliphatic hydroxyl groups is 1. The van der Waals surface area contributed by atoms with Crippen molar-refractivity contribution in [1.29, 1.82) is 0 Å². The van der Waals surface area contributed by atoms with Gasteiger partial charge in [0.05, 0.1) is 25.4 Å². The number of rotatable bonds is 5. The van der Waals surface area contributed by atoms with Gasteiger partial charge in [0.15, 0.2) is 0 Å². The third-order valence-electron chi connectivity index (χ3n) is 4.29. The van der Waals surface area contributed by atoms with Crippen LogP contribution < -0.4 is 5.32 Å². The highest BCUT2D eigenvalue weighted by Crippen LogP contribution is 2.14. The fourth-order valence-corrected chi connectivity index (χ4v) is 3.40. The summed E-state index contributed by atoms with van der Waals surface area (Å²) in [6.45, 7) is 9.56. The Morgan fingerprint density at radius 1 is 1.33 bits per heavy atom. The molecule has 0 spiro atoms. The molecule has 2 N–H and O–H groups in total. The van der Waals surface area contributed by atoms with E-state index in [-0.39, 0.29) is 18.1 Å². The SMILES string of the molecule is Cc1cc(C)cc(C[C@H](C)NC(=O)N2CCOC[C@@H]2C[C@@H](C)O)c1. The van der Waals surface area contributed by atoms with Crippen LogP contribution >= 0.6 is 0 Å². The quantitative estimate of drug-likeness (QED) is 0.869. The molecule has 0 bridgehead atoms. The van der Waals surface area contributed by atoms with Crippen LogP contribution in [0.4, 0.5) is 4.79 Å². The van der Waals surface area contributed by atoms with Crippen molar-refractivity contribution in [2.24, 2.45) is 0 Å². The first kappa shape index (κ1) is 18.7. The van der Waals surface area contributed by atoms with Gasteiger partial charge in [-0.1, -0.05) is 29.3 Å². The second-order valence-corrected chi connectivity index (χ2v) is 7.06. The smallest absolute Gasteiger partial charge is 0.318 e. The van der Waals surface area contributed by atoms with Gasteiger partial charge in [0.25, 0.3) is 0 Å². The van der Waals surface area contributed by atoms with Crippen LogP contribution in [0.1, 0.15) is 37.0 Å². The van der Waals surface area contributed by atoms with Gasteiger partial charge in [-0.25, -0.2) is 4.79 Å². The van der Waals surface area contributed by atoms with Crippen LogP contribution in [-0.4, -0.2) is 54.0 Å². The van der Waals surface area contributed by atoms with E-state index in [9.17, 15) is 9.90 Å². The number of carbonyl (C=O) groups excluding carboxylic acids is 1. The average molecular weight is 334 g/mol. The number of carbonyl (C=O) groups is 1. The zero-order chi connectivity index (χ0) is 17.7. The number of amides is 2. The van der Waals surface area contributed by atoms with Crippen molar-refractivity contribution in [2.45, 2.75) is 58.7 Å². The molecule has 0 aliphatic carbocycles. The third-order valence-corrected chi connectivity index (χ3v) is 4.29. The molecule has 1 saturated heterocycles. The monoisotopic (exact) mass is 334 g/mol. The molecule has 2 amide bonds. The predicted molar refractivity (Wildman–Crippen MR) is 95.2 cm³/mol. The maximum Gasteiger partial charge on any atom is 0.318 e. The summed E-state index contributed by atoms with van der Waals surface area (Å²) >= 11 is 0. The van der Waals surface area contributed by atoms with Gasteiger partial charge in [0, 0.05) is 12.6 Å². The largest absolute Gasteiger partial charge is 0.393 e. The topological polar surface area (TPSA) is 61.8 Å². The van der Waals surface area contributed by atoms with Crippen molar-refractivity contribution in [3.63, 3.8) is 0 Å². The van der Waals surface area contributed by atoms with Crippen molar-refractivity contribution in [1.82, 2.24) is 10.2 Å². The molecule has 0 saturated carbocycles. The second-order valence-electron chi connectivity index (χ2n) is 7.06. The van der Waals surface area contributed by atoms with E-state index in [0.29, 0.717) is 26.2 Å². The van der Waals surface area contributed by atoms with Crippen LogP contribution in [0.3, 0.4) is 0 Å². The maximum absolute atomic E-state index is 12.6. The molecule has 5 nitrogen and oxygen atoms in total. The van der Waals surface area contributed by atoms with E-state index in [4.69, 9.17) is 4.74 Å². The summed E-state index contributed by atoms with van der Waals surface area (Å²) in [4.78, 5) is 14.4. The molecule has 134 valence electrons. The van der Waals surface area contributed by atoms with E-state index in [2.05, 4.69) is 37.4 Å². The van der Waals surface area contributed by atoms with E-state index in [0.717, 1.165) is 6.42 Å². The number of morpholine rings is 1. The number of benzene rings is 1. The molecular formula is C19H30N2O3. The zero-order valence-corrected chi connectivity index (χ0v) is 15.2. The van der Waals surface area contributed by atoms with Gasteiger partial charge in [-0.2, -0.15) is 0 Å². The van der Waals surface area contributed by atoms with Crippen molar-refractivity contribution < 1.29 is 14.6 Å². The first-order chi connectivity index (χ1) is 11.3. The minimum absolute atomic E-state index is 0.0498. The average Bonchev–Trinajstić information content (AvgIpc) is 2.45. The number of nitrogens with one attached hydrogen (secondary N) is 1. The normalized spacial score (nSPS) is 20.5. The maximum atomic E-state index is 12.6. The predicted octanol–water partition coefficient (Wildman–Crippen LogP) is 2.42. The highest BCUT2D eigenvalue weighted by atomic mass is 16.5. The van der Waals surface area contributed by atoms with Gasteiger partial charge in [-0.3, -0.25) is 0 Å². The van der Waals surface area contributed by atoms with Gasteiger partial charge < -0.3 is 20.1 Å². The number of aliphatic hydroxyl groups excluding tert-OH is 1. The summed E-state index contributed by atoms with van der Waals surface area (Å²) in [6.07, 6.45) is 0.901. The number of nitrogens with zero attached hydrogens (tertiary/aromatic N) is 1. The second kappa shape index (κ2) is 8.49. The Labute approximate surface area is 145 Å². The minimum atomic E-state index is -0.445. The molecule has 1 heterocycles. The molecule has 1 fully saturated rings. The number of hydrogen-bond acceptors (Lipinski definition) is 3. The molecule has 1 aromatic rings. The lowest BCUT2D eigenvalue weighted by Crippen LogP contribution is -2.54. The molecule has 3 atom stereocenters. The minimum Gasteiger partial charge on any atom is -0.393 e. The molecule has 0 aromatic heterocycles. The van der Waals surface area contributed by atoms with E-state index in [1.54, 1.807) is 11.8 Å². The molecule has 0 radical (unpaired) electrons. The Kier molecular flexibility index (Phi) is 6.63. The zero-order valence-electron chi connectivity index (χ0n) is 15.2. The number of hydrogen-bond donors (Lipinski definition) is 2. The van der Waals surface area contributed by atoms with Crippen molar-refractivity contribution in [3.8, 4) is 0 Å². The van der Waals surface area contributed by atoms with Crippen LogP contribution in [0.15, 0.2) is 18.2 Å². The molecule has 1 aromatic carbocycles. The number of aryl methyl sites for hydroxylation is 2. The summed E-state index contributed by atoms with van der Waals surface area (Å²) < 4.78 is 5.46. The van der Waals surface area contributed by atoms with Gasteiger partial charge in [-0.05, 0) is 46.1 Å². The highest BCUT2D eigenvalue weighted by Gasteiger charge is 2.28. The van der Waals surface area contributed by atoms with Crippen molar-refractivity contribution in [3.05, 3.63) is 34.9 Å². The summed E-state index contributed by atoms with van der Waals surface area (Å²) in [5.74, 6) is 0. The van der Waals surface area contributed by atoms with E-state index in [1.807, 2.05) is 6.92 Å². The lowest BCUT2D eigenvalue weighted by atomic mass is 10.0. The summed E-state index contributed by atoms with van der Waals surface area (Å²) in [5.41, 5.74) is 3.73. The highest BCUT2D eigenvalue weighted by molar-refractivity contribution is 5.75. The van der Waals surface area contributed by atoms with Gasteiger partial charge >= 0.3 is 6.03 Å². The van der Waals surface area contributed by atoms with Gasteiger partial charge in [0.1, 0.15) is 0 Å². The molecular weight excluding hydrogens is 304 g/mol. The Balaban J connectivity index is 1.94. The summed E-state index contributed by atoms with van der Waals surface area (Å²) in [5, 5.41) is 12.7. The fourth-order valence-electron chi connectivity index (χ4n) is 3.40. The molecule has 24 heavy (non-hydrogen) atoms. The summed E-state index contributed by atoms with van der Waals surface area (Å²) in [6, 6.07) is 6.41. The molecule has 5 heteroatoms. The van der Waals surface area contributed by atoms with Crippen LogP contribution in [0, 0.1) is 13.8 Å². The molecule has 1 aliphatic rings. The van der Waals surface area contributed by atoms with E-state index in [1.165, 1.54) is 16.7 Å². The lowest BCUT2D eigenvalue weighted by molar-refractivity contribution is -0.00471. The van der Waals surface area contributed by atoms with Crippen molar-refractivity contribution >= 4 is 6.03 Å². The first-order valence-corrected chi connectivity index (χ1v) is 8.75. The molecule has 1 aliphatic heterocycles. The Hall–Kier alpha value is -1.59. The van der Waals surface area contributed by atoms with Crippen LogP contribution in [0.2, 0.25) is 0 Å². The van der Waals surface area contributed by atoms with E-state index < -0.39 is 6.10 Å². The summed E-state index contributed by atoms with van der Waals surface area (Å²) in [7, 11) is 0. The molecule has 2 rings (SSSR count). The first-order valence-electron chi connectivity index (χ1n) is 8.75. The Bertz CT molecular complexity index is 539. The third kappa shape index (κ3) is 5.49. The number of ether oxygens (including phenoxy) is 1. The Morgan fingerprint density at radius 2 is 2.00 bits per heavy atom.